The van der Waals surface area contributed by atoms with Crippen LogP contribution >= 0.6 is 0 Å². The van der Waals surface area contributed by atoms with E-state index in [9.17, 15) is 4.39 Å². The minimum absolute atomic E-state index is 0.0971. The van der Waals surface area contributed by atoms with Crippen molar-refractivity contribution in [3.8, 4) is 0 Å². The second-order valence-corrected chi connectivity index (χ2v) is 6.26. The Morgan fingerprint density at radius 1 is 1.19 bits per heavy atom. The zero-order valence-electron chi connectivity index (χ0n) is 13.5. The van der Waals surface area contributed by atoms with Gasteiger partial charge in [-0.3, -0.25) is 0 Å². The molecule has 1 fully saturated rings. The molecule has 3 heteroatoms. The lowest BCUT2D eigenvalue weighted by atomic mass is 10.1. The fourth-order valence-electron chi connectivity index (χ4n) is 3.05. The van der Waals surface area contributed by atoms with E-state index in [2.05, 4.69) is 24.1 Å². The van der Waals surface area contributed by atoms with Gasteiger partial charge in [-0.15, -0.1) is 0 Å². The molecule has 1 aliphatic rings. The monoisotopic (exact) mass is 292 g/mol. The first kappa shape index (κ1) is 16.1. The second kappa shape index (κ2) is 8.26. The van der Waals surface area contributed by atoms with Crippen LogP contribution in [0.1, 0.15) is 58.8 Å². The fourth-order valence-corrected chi connectivity index (χ4v) is 3.05. The highest BCUT2D eigenvalue weighted by molar-refractivity contribution is 5.57. The molecule has 1 N–H and O–H groups in total. The Morgan fingerprint density at radius 2 is 1.95 bits per heavy atom. The van der Waals surface area contributed by atoms with E-state index in [1.54, 1.807) is 6.07 Å². The van der Waals surface area contributed by atoms with Gasteiger partial charge in [-0.25, -0.2) is 4.39 Å². The largest absolute Gasteiger partial charge is 0.383 e. The topological polar surface area (TPSA) is 15.3 Å². The fraction of sp³-hybridized carbons (Fsp3) is 0.667. The Hall–Kier alpha value is -1.25. The summed E-state index contributed by atoms with van der Waals surface area (Å²) in [6.45, 7) is 6.37. The third kappa shape index (κ3) is 4.90. The third-order valence-electron chi connectivity index (χ3n) is 4.30. The highest BCUT2D eigenvalue weighted by atomic mass is 19.1. The van der Waals surface area contributed by atoms with Crippen LogP contribution in [0.25, 0.3) is 0 Å². The van der Waals surface area contributed by atoms with E-state index in [1.807, 2.05) is 12.1 Å². The Kier molecular flexibility index (Phi) is 6.34. The SMILES string of the molecule is CCCCCCC(C)Nc1ccc(N2CCCC2)c(F)c1. The van der Waals surface area contributed by atoms with E-state index >= 15 is 0 Å². The van der Waals surface area contributed by atoms with Gasteiger partial charge in [-0.05, 0) is 44.4 Å². The molecule has 0 saturated carbocycles. The first-order valence-corrected chi connectivity index (χ1v) is 8.51. The highest BCUT2D eigenvalue weighted by Gasteiger charge is 2.16. The van der Waals surface area contributed by atoms with Crippen molar-refractivity contribution in [2.75, 3.05) is 23.3 Å². The van der Waals surface area contributed by atoms with Gasteiger partial charge in [0.15, 0.2) is 0 Å². The van der Waals surface area contributed by atoms with Crippen LogP contribution in [0.3, 0.4) is 0 Å². The molecule has 1 aromatic carbocycles. The first-order valence-electron chi connectivity index (χ1n) is 8.51. The van der Waals surface area contributed by atoms with Crippen molar-refractivity contribution in [2.24, 2.45) is 0 Å². The van der Waals surface area contributed by atoms with Crippen LogP contribution in [0, 0.1) is 5.82 Å². The van der Waals surface area contributed by atoms with Gasteiger partial charge in [-0.1, -0.05) is 32.6 Å². The van der Waals surface area contributed by atoms with Gasteiger partial charge in [0.1, 0.15) is 5.82 Å². The molecule has 0 spiro atoms. The molecule has 1 aliphatic heterocycles. The van der Waals surface area contributed by atoms with Crippen LogP contribution < -0.4 is 10.2 Å². The molecule has 1 unspecified atom stereocenters. The van der Waals surface area contributed by atoms with Crippen LogP contribution in [0.5, 0.6) is 0 Å². The number of nitrogens with zero attached hydrogens (tertiary/aromatic N) is 1. The van der Waals surface area contributed by atoms with Crippen LogP contribution in [0.2, 0.25) is 0 Å². The van der Waals surface area contributed by atoms with Crippen molar-refractivity contribution in [2.45, 2.75) is 64.8 Å². The summed E-state index contributed by atoms with van der Waals surface area (Å²) in [6, 6.07) is 5.99. The summed E-state index contributed by atoms with van der Waals surface area (Å²) < 4.78 is 14.2. The van der Waals surface area contributed by atoms with Crippen molar-refractivity contribution in [1.82, 2.24) is 0 Å². The molecule has 21 heavy (non-hydrogen) atoms. The van der Waals surface area contributed by atoms with Crippen molar-refractivity contribution >= 4 is 11.4 Å². The average Bonchev–Trinajstić information content (AvgIpc) is 2.98. The maximum absolute atomic E-state index is 14.2. The van der Waals surface area contributed by atoms with Gasteiger partial charge in [0, 0.05) is 24.8 Å². The van der Waals surface area contributed by atoms with Crippen molar-refractivity contribution in [1.29, 1.82) is 0 Å². The maximum Gasteiger partial charge on any atom is 0.148 e. The molecule has 0 bridgehead atoms. The summed E-state index contributed by atoms with van der Waals surface area (Å²) in [5.41, 5.74) is 1.66. The van der Waals surface area contributed by atoms with E-state index in [0.29, 0.717) is 6.04 Å². The molecule has 0 aromatic heterocycles. The van der Waals surface area contributed by atoms with Crippen LogP contribution in [-0.2, 0) is 0 Å². The van der Waals surface area contributed by atoms with E-state index in [0.717, 1.165) is 30.9 Å². The van der Waals surface area contributed by atoms with Crippen molar-refractivity contribution in [3.05, 3.63) is 24.0 Å². The maximum atomic E-state index is 14.2. The number of hydrogen-bond acceptors (Lipinski definition) is 2. The van der Waals surface area contributed by atoms with E-state index < -0.39 is 0 Å². The standard InChI is InChI=1S/C18H29FN2/c1-3-4-5-6-9-15(2)20-16-10-11-18(17(19)14-16)21-12-7-8-13-21/h10-11,14-15,20H,3-9,12-13H2,1-2H3. The lowest BCUT2D eigenvalue weighted by Crippen LogP contribution is -2.19. The number of nitrogens with one attached hydrogen (secondary N) is 1. The first-order chi connectivity index (χ1) is 10.2. The number of benzene rings is 1. The molecule has 2 rings (SSSR count). The summed E-state index contributed by atoms with van der Waals surface area (Å²) in [5, 5.41) is 3.42. The molecule has 1 saturated heterocycles. The van der Waals surface area contributed by atoms with Crippen LogP contribution in [-0.4, -0.2) is 19.1 Å². The van der Waals surface area contributed by atoms with Gasteiger partial charge in [0.2, 0.25) is 0 Å². The molecular formula is C18H29FN2. The van der Waals surface area contributed by atoms with Gasteiger partial charge >= 0.3 is 0 Å². The summed E-state index contributed by atoms with van der Waals surface area (Å²) in [4.78, 5) is 2.15. The predicted octanol–water partition coefficient (Wildman–Crippen LogP) is 5.20. The van der Waals surface area contributed by atoms with Gasteiger partial charge in [-0.2, -0.15) is 0 Å². The molecule has 1 aromatic rings. The minimum atomic E-state index is -0.0971. The zero-order chi connectivity index (χ0) is 15.1. The normalized spacial score (nSPS) is 16.2. The lowest BCUT2D eigenvalue weighted by molar-refractivity contribution is 0.592. The smallest absolute Gasteiger partial charge is 0.148 e. The summed E-state index contributed by atoms with van der Waals surface area (Å²) in [6.07, 6.45) is 8.62. The zero-order valence-corrected chi connectivity index (χ0v) is 13.5. The number of anilines is 2. The predicted molar refractivity (Wildman–Crippen MR) is 89.7 cm³/mol. The number of hydrogen-bond donors (Lipinski definition) is 1. The summed E-state index contributed by atoms with van der Waals surface area (Å²) >= 11 is 0. The summed E-state index contributed by atoms with van der Waals surface area (Å²) in [7, 11) is 0. The molecule has 2 nitrogen and oxygen atoms in total. The number of unbranched alkanes of at least 4 members (excludes halogenated alkanes) is 3. The van der Waals surface area contributed by atoms with Gasteiger partial charge in [0.25, 0.3) is 0 Å². The summed E-state index contributed by atoms with van der Waals surface area (Å²) in [5.74, 6) is -0.0971. The van der Waals surface area contributed by atoms with Crippen molar-refractivity contribution in [3.63, 3.8) is 0 Å². The Balaban J connectivity index is 1.84. The average molecular weight is 292 g/mol. The lowest BCUT2D eigenvalue weighted by Gasteiger charge is -2.20. The van der Waals surface area contributed by atoms with E-state index in [-0.39, 0.29) is 5.82 Å². The number of halogens is 1. The molecule has 0 radical (unpaired) electrons. The quantitative estimate of drug-likeness (QED) is 0.663. The molecule has 1 heterocycles. The second-order valence-electron chi connectivity index (χ2n) is 6.26. The third-order valence-corrected chi connectivity index (χ3v) is 4.30. The molecule has 118 valence electrons. The Morgan fingerprint density at radius 3 is 2.62 bits per heavy atom. The van der Waals surface area contributed by atoms with Crippen LogP contribution in [0.15, 0.2) is 18.2 Å². The van der Waals surface area contributed by atoms with Crippen molar-refractivity contribution < 1.29 is 4.39 Å². The Bertz CT molecular complexity index is 427. The number of rotatable bonds is 8. The Labute approximate surface area is 128 Å². The highest BCUT2D eigenvalue weighted by Crippen LogP contribution is 2.26. The van der Waals surface area contributed by atoms with Crippen LogP contribution in [0.4, 0.5) is 15.8 Å². The minimum Gasteiger partial charge on any atom is -0.383 e. The molecule has 0 aliphatic carbocycles. The van der Waals surface area contributed by atoms with Gasteiger partial charge < -0.3 is 10.2 Å². The van der Waals surface area contributed by atoms with Gasteiger partial charge in [0.05, 0.1) is 5.69 Å². The molecular weight excluding hydrogens is 263 g/mol. The molecule has 1 atom stereocenters. The van der Waals surface area contributed by atoms with E-state index in [4.69, 9.17) is 0 Å². The molecule has 0 amide bonds. The van der Waals surface area contributed by atoms with E-state index in [1.165, 1.54) is 38.5 Å².